The Morgan fingerprint density at radius 1 is 1.26 bits per heavy atom. The normalized spacial score (nSPS) is 11.5. The summed E-state index contributed by atoms with van der Waals surface area (Å²) in [6, 6.07) is 12.6. The van der Waals surface area contributed by atoms with Crippen molar-refractivity contribution < 1.29 is 13.9 Å². The van der Waals surface area contributed by atoms with Crippen LogP contribution in [0.4, 0.5) is 5.69 Å². The molecule has 0 unspecified atom stereocenters. The zero-order chi connectivity index (χ0) is 24.1. The molecule has 2 aromatic carbocycles. The smallest absolute Gasteiger partial charge is 0.419 e. The monoisotopic (exact) mass is 478 g/mol. The van der Waals surface area contributed by atoms with Gasteiger partial charge in [-0.25, -0.2) is 9.78 Å². The lowest BCUT2D eigenvalue weighted by atomic mass is 10.2. The van der Waals surface area contributed by atoms with E-state index in [9.17, 15) is 9.59 Å². The Balaban J connectivity index is 1.40. The van der Waals surface area contributed by atoms with Crippen LogP contribution in [0.3, 0.4) is 0 Å². The molecule has 1 amide bonds. The number of likely N-dealkylation sites (N-methyl/N-ethyl adjacent to an activating group) is 1. The number of hydrogen-bond donors (Lipinski definition) is 1. The summed E-state index contributed by atoms with van der Waals surface area (Å²) in [5.41, 5.74) is 3.45. The summed E-state index contributed by atoms with van der Waals surface area (Å²) >= 11 is 1.59. The SMILES string of the molecule is Cc1nc(COc2cccc(/C=C/C(=O)Nc3ccc4oc(=O)n(CCN(C)C)c4c3)c2)cs1. The van der Waals surface area contributed by atoms with E-state index < -0.39 is 5.76 Å². The van der Waals surface area contributed by atoms with E-state index in [0.29, 0.717) is 42.2 Å². The third-order valence-corrected chi connectivity index (χ3v) is 5.87. The van der Waals surface area contributed by atoms with Gasteiger partial charge in [0.1, 0.15) is 12.4 Å². The number of aromatic nitrogens is 2. The van der Waals surface area contributed by atoms with E-state index in [4.69, 9.17) is 9.15 Å². The Labute approximate surface area is 201 Å². The highest BCUT2D eigenvalue weighted by molar-refractivity contribution is 7.09. The zero-order valence-electron chi connectivity index (χ0n) is 19.3. The number of amides is 1. The molecule has 0 saturated carbocycles. The van der Waals surface area contributed by atoms with E-state index >= 15 is 0 Å². The van der Waals surface area contributed by atoms with Gasteiger partial charge in [-0.05, 0) is 63.0 Å². The molecule has 176 valence electrons. The molecule has 0 bridgehead atoms. The van der Waals surface area contributed by atoms with Crippen molar-refractivity contribution in [2.45, 2.75) is 20.1 Å². The highest BCUT2D eigenvalue weighted by atomic mass is 32.1. The van der Waals surface area contributed by atoms with Gasteiger partial charge in [-0.3, -0.25) is 9.36 Å². The maximum atomic E-state index is 12.5. The number of aryl methyl sites for hydroxylation is 1. The van der Waals surface area contributed by atoms with Crippen molar-refractivity contribution in [3.8, 4) is 5.75 Å². The molecule has 1 N–H and O–H groups in total. The fraction of sp³-hybridized carbons (Fsp3) is 0.240. The number of rotatable bonds is 9. The second kappa shape index (κ2) is 10.5. The van der Waals surface area contributed by atoms with Gasteiger partial charge in [0.05, 0.1) is 16.2 Å². The van der Waals surface area contributed by atoms with Crippen LogP contribution in [0.2, 0.25) is 0 Å². The minimum atomic E-state index is -0.410. The van der Waals surface area contributed by atoms with Crippen LogP contribution in [0.1, 0.15) is 16.3 Å². The van der Waals surface area contributed by atoms with E-state index in [-0.39, 0.29) is 5.91 Å². The van der Waals surface area contributed by atoms with Gasteiger partial charge in [-0.1, -0.05) is 12.1 Å². The summed E-state index contributed by atoms with van der Waals surface area (Å²) in [5.74, 6) is 0.0101. The van der Waals surface area contributed by atoms with Crippen LogP contribution in [-0.2, 0) is 17.9 Å². The quantitative estimate of drug-likeness (QED) is 0.364. The molecular weight excluding hydrogens is 452 g/mol. The molecular formula is C25H26N4O4S. The second-order valence-electron chi connectivity index (χ2n) is 8.05. The van der Waals surface area contributed by atoms with Crippen LogP contribution < -0.4 is 15.8 Å². The van der Waals surface area contributed by atoms with E-state index in [1.54, 1.807) is 40.2 Å². The van der Waals surface area contributed by atoms with Crippen LogP contribution in [-0.4, -0.2) is 41.0 Å². The Hall–Kier alpha value is -3.69. The fourth-order valence-electron chi connectivity index (χ4n) is 3.35. The van der Waals surface area contributed by atoms with Gasteiger partial charge in [0.25, 0.3) is 0 Å². The number of carbonyl (C=O) groups is 1. The van der Waals surface area contributed by atoms with Crippen molar-refractivity contribution in [3.05, 3.63) is 80.7 Å². The summed E-state index contributed by atoms with van der Waals surface area (Å²) in [6.07, 6.45) is 3.18. The number of carbonyl (C=O) groups excluding carboxylic acids is 1. The minimum absolute atomic E-state index is 0.283. The number of thiazole rings is 1. The van der Waals surface area contributed by atoms with Crippen LogP contribution in [0.5, 0.6) is 5.75 Å². The molecule has 0 atom stereocenters. The topological polar surface area (TPSA) is 89.6 Å². The lowest BCUT2D eigenvalue weighted by Gasteiger charge is -2.09. The van der Waals surface area contributed by atoms with Gasteiger partial charge in [0.15, 0.2) is 5.58 Å². The van der Waals surface area contributed by atoms with Crippen molar-refractivity contribution in [2.75, 3.05) is 26.0 Å². The predicted molar refractivity (Wildman–Crippen MR) is 134 cm³/mol. The third kappa shape index (κ3) is 6.00. The number of ether oxygens (including phenoxy) is 1. The molecule has 34 heavy (non-hydrogen) atoms. The molecule has 8 nitrogen and oxygen atoms in total. The number of anilines is 1. The van der Waals surface area contributed by atoms with Crippen molar-refractivity contribution >= 4 is 40.1 Å². The molecule has 0 spiro atoms. The van der Waals surface area contributed by atoms with Crippen molar-refractivity contribution in [1.82, 2.24) is 14.5 Å². The van der Waals surface area contributed by atoms with Gasteiger partial charge in [-0.15, -0.1) is 11.3 Å². The summed E-state index contributed by atoms with van der Waals surface area (Å²) in [4.78, 5) is 31.0. The standard InChI is InChI=1S/C25H26N4O4S/c1-17-26-20(16-34-17)15-32-21-6-4-5-18(13-21)7-10-24(30)27-19-8-9-23-22(14-19)29(25(31)33-23)12-11-28(2)3/h4-10,13-14,16H,11-12,15H2,1-3H3,(H,27,30)/b10-7+. The molecule has 0 saturated heterocycles. The summed E-state index contributed by atoms with van der Waals surface area (Å²) in [7, 11) is 3.88. The summed E-state index contributed by atoms with van der Waals surface area (Å²) < 4.78 is 12.7. The average molecular weight is 479 g/mol. The number of nitrogens with one attached hydrogen (secondary N) is 1. The molecule has 4 rings (SSSR count). The highest BCUT2D eigenvalue weighted by Crippen LogP contribution is 2.20. The Bertz CT molecular complexity index is 1380. The Morgan fingerprint density at radius 2 is 2.12 bits per heavy atom. The van der Waals surface area contributed by atoms with E-state index in [1.807, 2.05) is 55.6 Å². The largest absolute Gasteiger partial charge is 0.487 e. The fourth-order valence-corrected chi connectivity index (χ4v) is 3.94. The van der Waals surface area contributed by atoms with Crippen molar-refractivity contribution in [2.24, 2.45) is 0 Å². The maximum absolute atomic E-state index is 12.5. The second-order valence-corrected chi connectivity index (χ2v) is 9.11. The predicted octanol–water partition coefficient (Wildman–Crippen LogP) is 4.15. The molecule has 0 fully saturated rings. The maximum Gasteiger partial charge on any atom is 0.419 e. The molecule has 0 radical (unpaired) electrons. The first kappa shape index (κ1) is 23.5. The minimum Gasteiger partial charge on any atom is -0.487 e. The van der Waals surface area contributed by atoms with Crippen LogP contribution in [0.25, 0.3) is 17.2 Å². The average Bonchev–Trinajstić information content (AvgIpc) is 3.36. The number of benzene rings is 2. The third-order valence-electron chi connectivity index (χ3n) is 5.04. The summed E-state index contributed by atoms with van der Waals surface area (Å²) in [5, 5.41) is 5.82. The van der Waals surface area contributed by atoms with Crippen LogP contribution in [0.15, 0.2) is 63.1 Å². The lowest BCUT2D eigenvalue weighted by Crippen LogP contribution is -2.23. The number of fused-ring (bicyclic) bond motifs is 1. The Morgan fingerprint density at radius 3 is 2.88 bits per heavy atom. The zero-order valence-corrected chi connectivity index (χ0v) is 20.1. The van der Waals surface area contributed by atoms with Crippen LogP contribution in [0, 0.1) is 6.92 Å². The van der Waals surface area contributed by atoms with Gasteiger partial charge >= 0.3 is 5.76 Å². The van der Waals surface area contributed by atoms with E-state index in [0.717, 1.165) is 16.3 Å². The number of hydrogen-bond acceptors (Lipinski definition) is 7. The van der Waals surface area contributed by atoms with Crippen LogP contribution >= 0.6 is 11.3 Å². The van der Waals surface area contributed by atoms with Gasteiger partial charge in [0, 0.05) is 30.2 Å². The number of oxazole rings is 1. The highest BCUT2D eigenvalue weighted by Gasteiger charge is 2.11. The van der Waals surface area contributed by atoms with Gasteiger partial charge in [-0.2, -0.15) is 0 Å². The van der Waals surface area contributed by atoms with Gasteiger partial charge in [0.2, 0.25) is 5.91 Å². The van der Waals surface area contributed by atoms with E-state index in [1.165, 1.54) is 6.08 Å². The first-order chi connectivity index (χ1) is 16.4. The molecule has 2 heterocycles. The van der Waals surface area contributed by atoms with Crippen molar-refractivity contribution in [1.29, 1.82) is 0 Å². The summed E-state index contributed by atoms with van der Waals surface area (Å²) in [6.45, 7) is 3.55. The molecule has 0 aliphatic rings. The molecule has 2 aromatic heterocycles. The first-order valence-corrected chi connectivity index (χ1v) is 11.7. The molecule has 4 aromatic rings. The Kier molecular flexibility index (Phi) is 7.24. The molecule has 0 aliphatic carbocycles. The molecule has 9 heteroatoms. The lowest BCUT2D eigenvalue weighted by molar-refractivity contribution is -0.111. The van der Waals surface area contributed by atoms with Gasteiger partial charge < -0.3 is 19.4 Å². The number of nitrogens with zero attached hydrogens (tertiary/aromatic N) is 3. The van der Waals surface area contributed by atoms with E-state index in [2.05, 4.69) is 10.3 Å². The van der Waals surface area contributed by atoms with Crippen molar-refractivity contribution in [3.63, 3.8) is 0 Å². The molecule has 0 aliphatic heterocycles. The first-order valence-electron chi connectivity index (χ1n) is 10.8.